The molecule has 0 unspecified atom stereocenters. The molecule has 12 nitrogen and oxygen atoms in total. The minimum atomic E-state index is -0.547. The molecule has 0 aliphatic rings. The van der Waals surface area contributed by atoms with Gasteiger partial charge >= 0.3 is 174 Å². The second kappa shape index (κ2) is 27.6. The van der Waals surface area contributed by atoms with Crippen LogP contribution in [0.25, 0.3) is 0 Å². The Balaban J connectivity index is -0.000000320. The third-order valence-corrected chi connectivity index (χ3v) is 2.74. The number of carbonyl (C=O) groups is 3. The van der Waals surface area contributed by atoms with E-state index in [4.69, 9.17) is 0 Å². The molecule has 150 valence electrons. The predicted octanol–water partition coefficient (Wildman–Crippen LogP) is 0.517. The van der Waals surface area contributed by atoms with Gasteiger partial charge in [-0.15, -0.1) is 0 Å². The molecule has 0 amide bonds. The molecular weight excluding hydrogens is 483 g/mol. The standard InChI is InChI=1S/3C3H4NO3PS/c3*5-3(7-9)1-4-2-8-6/h3*4,9H,1H2. The van der Waals surface area contributed by atoms with Gasteiger partial charge < -0.3 is 0 Å². The topological polar surface area (TPSA) is 166 Å². The fourth-order valence-corrected chi connectivity index (χ4v) is 1.15. The molecule has 0 atom stereocenters. The zero-order valence-corrected chi connectivity index (χ0v) is 18.3. The average Bonchev–Trinajstić information content (AvgIpc) is 2.69. The summed E-state index contributed by atoms with van der Waals surface area (Å²) in [4.78, 5) is 30.5. The van der Waals surface area contributed by atoms with Crippen LogP contribution in [0.2, 0.25) is 0 Å². The van der Waals surface area contributed by atoms with E-state index in [2.05, 4.69) is 84.5 Å². The fourth-order valence-electron chi connectivity index (χ4n) is 0.529. The molecular formula is C9H12N3O9P3S3. The first-order valence-electron chi connectivity index (χ1n) is 5.86. The van der Waals surface area contributed by atoms with Crippen molar-refractivity contribution in [2.45, 2.75) is 0 Å². The molecule has 0 bridgehead atoms. The monoisotopic (exact) mass is 495 g/mol. The summed E-state index contributed by atoms with van der Waals surface area (Å²) in [6, 6.07) is 0. The Morgan fingerprint density at radius 2 is 0.852 bits per heavy atom. The molecule has 0 rings (SSSR count). The van der Waals surface area contributed by atoms with Crippen LogP contribution in [-0.4, -0.2) is 37.5 Å². The van der Waals surface area contributed by atoms with Gasteiger partial charge in [-0.3, -0.25) is 0 Å². The summed E-state index contributed by atoms with van der Waals surface area (Å²) in [6.07, 6.45) is 0. The van der Waals surface area contributed by atoms with Crippen molar-refractivity contribution in [3.8, 4) is 17.3 Å². The number of hydrogen-bond acceptors (Lipinski definition) is 15. The summed E-state index contributed by atoms with van der Waals surface area (Å²) >= 11 is 9.66. The third kappa shape index (κ3) is 33.4. The molecule has 3 N–H and O–H groups in total. The summed E-state index contributed by atoms with van der Waals surface area (Å²) in [7, 11) is -0.862. The summed E-state index contributed by atoms with van der Waals surface area (Å²) in [5.74, 6) is 4.80. The van der Waals surface area contributed by atoms with Crippen molar-refractivity contribution in [3.05, 3.63) is 0 Å². The van der Waals surface area contributed by atoms with Crippen LogP contribution in [-0.2, 0) is 40.6 Å². The molecule has 0 aromatic heterocycles. The number of thiol groups is 3. The van der Waals surface area contributed by atoms with E-state index in [9.17, 15) is 28.1 Å². The Morgan fingerprint density at radius 1 is 0.630 bits per heavy atom. The summed E-state index contributed by atoms with van der Waals surface area (Å²) in [5.41, 5.74) is 0. The average molecular weight is 495 g/mol. The van der Waals surface area contributed by atoms with Crippen molar-refractivity contribution in [1.29, 1.82) is 0 Å². The summed E-state index contributed by atoms with van der Waals surface area (Å²) in [5, 5.41) is 6.86. The quantitative estimate of drug-likeness (QED) is 0.0996. The Labute approximate surface area is 173 Å². The predicted molar refractivity (Wildman–Crippen MR) is 104 cm³/mol. The van der Waals surface area contributed by atoms with Crippen LogP contribution in [0.5, 0.6) is 0 Å². The molecule has 0 aromatic rings. The van der Waals surface area contributed by atoms with Gasteiger partial charge in [-0.05, 0) is 0 Å². The van der Waals surface area contributed by atoms with Crippen molar-refractivity contribution in [3.63, 3.8) is 0 Å². The van der Waals surface area contributed by atoms with Gasteiger partial charge in [0.2, 0.25) is 0 Å². The molecule has 27 heavy (non-hydrogen) atoms. The van der Waals surface area contributed by atoms with Gasteiger partial charge in [-0.25, -0.2) is 0 Å². The maximum atomic E-state index is 10.2. The number of rotatable bonds is 6. The molecule has 0 heterocycles. The SMILES string of the molecule is O=P#CNCC(=O)OS.O=P#CNCC(=O)OS.O=P#CNCC(=O)OS. The maximum absolute atomic E-state index is 10.2. The van der Waals surface area contributed by atoms with Gasteiger partial charge in [0.25, 0.3) is 0 Å². The Kier molecular flexibility index (Phi) is 31.8. The fraction of sp³-hybridized carbons (Fsp3) is 0.333. The van der Waals surface area contributed by atoms with E-state index in [1.807, 2.05) is 0 Å². The van der Waals surface area contributed by atoms with Crippen LogP contribution in [0.3, 0.4) is 0 Å². The van der Waals surface area contributed by atoms with Gasteiger partial charge in [-0.1, -0.05) is 0 Å². The van der Waals surface area contributed by atoms with Crippen LogP contribution in [0, 0.1) is 17.3 Å². The van der Waals surface area contributed by atoms with E-state index in [-0.39, 0.29) is 43.4 Å². The van der Waals surface area contributed by atoms with Crippen molar-refractivity contribution in [1.82, 2.24) is 16.0 Å². The van der Waals surface area contributed by atoms with Gasteiger partial charge in [0.1, 0.15) is 0 Å². The Bertz CT molecular complexity index is 663. The van der Waals surface area contributed by atoms with E-state index in [0.29, 0.717) is 0 Å². The van der Waals surface area contributed by atoms with Crippen LogP contribution in [0.4, 0.5) is 0 Å². The molecule has 18 heteroatoms. The van der Waals surface area contributed by atoms with Gasteiger partial charge in [0.05, 0.1) is 0 Å². The van der Waals surface area contributed by atoms with Gasteiger partial charge in [-0.2, -0.15) is 0 Å². The number of hydrogen-bond donors (Lipinski definition) is 6. The van der Waals surface area contributed by atoms with Gasteiger partial charge in [0, 0.05) is 0 Å². The number of nitrogens with one attached hydrogen (secondary N) is 3. The van der Waals surface area contributed by atoms with Crippen molar-refractivity contribution in [2.24, 2.45) is 0 Å². The van der Waals surface area contributed by atoms with E-state index in [0.717, 1.165) is 0 Å². The van der Waals surface area contributed by atoms with E-state index in [1.165, 1.54) is 0 Å². The van der Waals surface area contributed by atoms with Crippen molar-refractivity contribution in [2.75, 3.05) is 19.6 Å². The molecule has 0 saturated carbocycles. The second-order valence-corrected chi connectivity index (χ2v) is 4.83. The normalized spacial score (nSPS) is 7.67. The Hall–Kier alpha value is -0.630. The zero-order valence-electron chi connectivity index (χ0n) is 13.0. The molecule has 0 spiro atoms. The van der Waals surface area contributed by atoms with E-state index >= 15 is 0 Å². The van der Waals surface area contributed by atoms with E-state index < -0.39 is 17.9 Å². The molecule has 0 aliphatic carbocycles. The molecule has 0 fully saturated rings. The summed E-state index contributed by atoms with van der Waals surface area (Å²) < 4.78 is 40.7. The van der Waals surface area contributed by atoms with Crippen LogP contribution < -0.4 is 16.0 Å². The van der Waals surface area contributed by atoms with Crippen molar-refractivity contribution < 1.29 is 40.6 Å². The minimum absolute atomic E-state index is 0.0707. The van der Waals surface area contributed by atoms with E-state index in [1.54, 1.807) is 0 Å². The third-order valence-electron chi connectivity index (χ3n) is 1.38. The molecule has 0 aliphatic heterocycles. The molecule has 0 saturated heterocycles. The first kappa shape index (κ1) is 31.1. The first-order chi connectivity index (χ1) is 12.9. The van der Waals surface area contributed by atoms with Crippen molar-refractivity contribution >= 4 is 80.4 Å². The van der Waals surface area contributed by atoms with Crippen LogP contribution >= 0.6 is 62.5 Å². The van der Waals surface area contributed by atoms with Crippen LogP contribution in [0.15, 0.2) is 0 Å². The second-order valence-electron chi connectivity index (χ2n) is 3.06. The zero-order chi connectivity index (χ0) is 21.3. The molecule has 0 aromatic carbocycles. The van der Waals surface area contributed by atoms with Gasteiger partial charge in [0.15, 0.2) is 0 Å². The number of carbonyl (C=O) groups excluding carboxylic acids is 3. The Morgan fingerprint density at radius 3 is 1.00 bits per heavy atom. The summed E-state index contributed by atoms with van der Waals surface area (Å²) in [6.45, 7) is -0.212. The molecule has 0 radical (unpaired) electrons. The first-order valence-corrected chi connectivity index (χ1v) is 9.39. The van der Waals surface area contributed by atoms with Crippen LogP contribution in [0.1, 0.15) is 0 Å².